The number of benzene rings is 1. The van der Waals surface area contributed by atoms with Crippen LogP contribution in [0, 0.1) is 6.92 Å². The first-order valence-corrected chi connectivity index (χ1v) is 8.63. The van der Waals surface area contributed by atoms with Crippen LogP contribution in [0.25, 0.3) is 22.2 Å². The maximum Gasteiger partial charge on any atom is 0.343 e. The molecule has 1 aromatic carbocycles. The Hall–Kier alpha value is -3.48. The first-order chi connectivity index (χ1) is 13.1. The highest BCUT2D eigenvalue weighted by Crippen LogP contribution is 2.20. The molecule has 0 aliphatic rings. The molecule has 0 unspecified atom stereocenters. The number of carbonyl (C=O) groups excluding carboxylic acids is 1. The number of nitrogens with zero attached hydrogens (tertiary/aromatic N) is 4. The Morgan fingerprint density at radius 2 is 2.00 bits per heavy atom. The second kappa shape index (κ2) is 6.35. The summed E-state index contributed by atoms with van der Waals surface area (Å²) in [4.78, 5) is 29.5. The largest absolute Gasteiger partial charge is 0.465 e. The van der Waals surface area contributed by atoms with Gasteiger partial charge in [-0.2, -0.15) is 5.10 Å². The summed E-state index contributed by atoms with van der Waals surface area (Å²) in [5, 5.41) is 4.82. The smallest absolute Gasteiger partial charge is 0.343 e. The van der Waals surface area contributed by atoms with Gasteiger partial charge in [-0.25, -0.2) is 14.3 Å². The van der Waals surface area contributed by atoms with Crippen molar-refractivity contribution in [2.24, 2.45) is 0 Å². The summed E-state index contributed by atoms with van der Waals surface area (Å²) in [6.45, 7) is 3.77. The van der Waals surface area contributed by atoms with Crippen LogP contribution in [0.4, 0.5) is 0 Å². The van der Waals surface area contributed by atoms with Gasteiger partial charge >= 0.3 is 5.97 Å². The summed E-state index contributed by atoms with van der Waals surface area (Å²) in [5.41, 5.74) is 3.51. The van der Waals surface area contributed by atoms with Crippen molar-refractivity contribution in [3.63, 3.8) is 0 Å². The first kappa shape index (κ1) is 17.0. The van der Waals surface area contributed by atoms with Crippen LogP contribution in [-0.4, -0.2) is 32.2 Å². The Labute approximate surface area is 154 Å². The van der Waals surface area contributed by atoms with Gasteiger partial charge in [-0.05, 0) is 31.0 Å². The summed E-state index contributed by atoms with van der Waals surface area (Å²) >= 11 is 0. The molecule has 4 aromatic rings. The number of esters is 1. The third-order valence-electron chi connectivity index (χ3n) is 4.71. The second-order valence-electron chi connectivity index (χ2n) is 6.22. The highest BCUT2D eigenvalue weighted by molar-refractivity contribution is 5.98. The second-order valence-corrected chi connectivity index (χ2v) is 6.22. The summed E-state index contributed by atoms with van der Waals surface area (Å²) < 4.78 is 7.96. The number of hydrogen-bond donors (Lipinski definition) is 0. The van der Waals surface area contributed by atoms with E-state index in [9.17, 15) is 9.59 Å². The molecule has 3 aromatic heterocycles. The molecule has 7 nitrogen and oxygen atoms in total. The molecule has 0 atom stereocenters. The topological polar surface area (TPSA) is 78.5 Å². The molecular weight excluding hydrogens is 344 g/mol. The van der Waals surface area contributed by atoms with Crippen LogP contribution >= 0.6 is 0 Å². The third-order valence-corrected chi connectivity index (χ3v) is 4.71. The summed E-state index contributed by atoms with van der Waals surface area (Å²) in [5.74, 6) is -0.500. The van der Waals surface area contributed by atoms with E-state index in [2.05, 4.69) is 17.0 Å². The van der Waals surface area contributed by atoms with Crippen LogP contribution in [0.2, 0.25) is 0 Å². The number of hydrogen-bond acceptors (Lipinski definition) is 5. The molecule has 4 rings (SSSR count). The summed E-state index contributed by atoms with van der Waals surface area (Å²) in [6, 6.07) is 9.61. The van der Waals surface area contributed by atoms with Gasteiger partial charge in [0, 0.05) is 12.4 Å². The number of aromatic nitrogens is 4. The highest BCUT2D eigenvalue weighted by atomic mass is 16.5. The standard InChI is InChI=1S/C20H18N4O3/c1-4-13-7-5-6-8-15(13)23-10-9-16-14(19(23)25)11-21-18-17(20(26)27-3)12(2)22-24(16)18/h5-11H,4H2,1-3H3. The monoisotopic (exact) mass is 362 g/mol. The fourth-order valence-corrected chi connectivity index (χ4v) is 3.35. The normalized spacial score (nSPS) is 11.2. The Kier molecular flexibility index (Phi) is 3.99. The predicted octanol–water partition coefficient (Wildman–Crippen LogP) is 2.69. The van der Waals surface area contributed by atoms with Crippen LogP contribution in [0.15, 0.2) is 47.5 Å². The number of para-hydroxylation sites is 1. The minimum absolute atomic E-state index is 0.185. The lowest BCUT2D eigenvalue weighted by atomic mass is 10.1. The van der Waals surface area contributed by atoms with E-state index in [0.717, 1.165) is 17.7 Å². The molecule has 0 aliphatic heterocycles. The predicted molar refractivity (Wildman–Crippen MR) is 102 cm³/mol. The maximum atomic E-state index is 13.1. The third kappa shape index (κ3) is 2.51. The van der Waals surface area contributed by atoms with Gasteiger partial charge in [-0.3, -0.25) is 9.36 Å². The Morgan fingerprint density at radius 3 is 2.74 bits per heavy atom. The minimum Gasteiger partial charge on any atom is -0.465 e. The van der Waals surface area contributed by atoms with Crippen LogP contribution in [0.1, 0.15) is 28.5 Å². The fraction of sp³-hybridized carbons (Fsp3) is 0.200. The maximum absolute atomic E-state index is 13.1. The van der Waals surface area contributed by atoms with Gasteiger partial charge in [0.2, 0.25) is 0 Å². The van der Waals surface area contributed by atoms with Gasteiger partial charge in [-0.1, -0.05) is 25.1 Å². The van der Waals surface area contributed by atoms with Gasteiger partial charge in [0.15, 0.2) is 5.65 Å². The van der Waals surface area contributed by atoms with Crippen molar-refractivity contribution in [1.29, 1.82) is 0 Å². The van der Waals surface area contributed by atoms with E-state index >= 15 is 0 Å². The molecule has 7 heteroatoms. The molecule has 0 N–H and O–H groups in total. The van der Waals surface area contributed by atoms with E-state index in [1.165, 1.54) is 17.8 Å². The number of aryl methyl sites for hydroxylation is 2. The number of carbonyl (C=O) groups is 1. The number of methoxy groups -OCH3 is 1. The van der Waals surface area contributed by atoms with Crippen LogP contribution < -0.4 is 5.56 Å². The average Bonchev–Trinajstić information content (AvgIpc) is 3.04. The zero-order valence-electron chi connectivity index (χ0n) is 15.3. The van der Waals surface area contributed by atoms with Gasteiger partial charge in [-0.15, -0.1) is 0 Å². The highest BCUT2D eigenvalue weighted by Gasteiger charge is 2.21. The molecule has 0 fully saturated rings. The Morgan fingerprint density at radius 1 is 1.22 bits per heavy atom. The SMILES string of the molecule is CCc1ccccc1-n1ccc2c(cnc3c(C(=O)OC)c(C)nn32)c1=O. The van der Waals surface area contributed by atoms with Crippen molar-refractivity contribution >= 4 is 22.5 Å². The molecule has 0 aliphatic carbocycles. The molecule has 136 valence electrons. The lowest BCUT2D eigenvalue weighted by Gasteiger charge is -2.11. The molecular formula is C20H18N4O3. The van der Waals surface area contributed by atoms with Crippen molar-refractivity contribution in [1.82, 2.24) is 19.2 Å². The quantitative estimate of drug-likeness (QED) is 0.524. The summed E-state index contributed by atoms with van der Waals surface area (Å²) in [7, 11) is 1.32. The van der Waals surface area contributed by atoms with E-state index in [0.29, 0.717) is 27.8 Å². The van der Waals surface area contributed by atoms with E-state index in [-0.39, 0.29) is 5.56 Å². The summed E-state index contributed by atoms with van der Waals surface area (Å²) in [6.07, 6.45) is 4.04. The van der Waals surface area contributed by atoms with Crippen LogP contribution in [0.5, 0.6) is 0 Å². The van der Waals surface area contributed by atoms with Crippen LogP contribution in [-0.2, 0) is 11.2 Å². The minimum atomic E-state index is -0.500. The number of ether oxygens (including phenoxy) is 1. The zero-order valence-corrected chi connectivity index (χ0v) is 15.3. The van der Waals surface area contributed by atoms with Crippen molar-refractivity contribution in [2.45, 2.75) is 20.3 Å². The average molecular weight is 362 g/mol. The molecule has 0 bridgehead atoms. The number of pyridine rings is 1. The molecule has 0 amide bonds. The van der Waals surface area contributed by atoms with Gasteiger partial charge in [0.25, 0.3) is 5.56 Å². The number of rotatable bonds is 3. The van der Waals surface area contributed by atoms with Crippen LogP contribution in [0.3, 0.4) is 0 Å². The molecule has 0 saturated heterocycles. The molecule has 0 spiro atoms. The van der Waals surface area contributed by atoms with E-state index in [1.807, 2.05) is 30.3 Å². The van der Waals surface area contributed by atoms with Crippen molar-refractivity contribution in [2.75, 3.05) is 7.11 Å². The zero-order chi connectivity index (χ0) is 19.1. The lowest BCUT2D eigenvalue weighted by molar-refractivity contribution is 0.0602. The van der Waals surface area contributed by atoms with E-state index in [4.69, 9.17) is 4.74 Å². The first-order valence-electron chi connectivity index (χ1n) is 8.63. The van der Waals surface area contributed by atoms with Crippen molar-refractivity contribution in [3.8, 4) is 5.69 Å². The molecule has 3 heterocycles. The van der Waals surface area contributed by atoms with Gasteiger partial charge in [0.05, 0.1) is 29.4 Å². The molecule has 0 radical (unpaired) electrons. The molecule has 27 heavy (non-hydrogen) atoms. The van der Waals surface area contributed by atoms with E-state index in [1.54, 1.807) is 17.7 Å². The Bertz CT molecular complexity index is 1250. The molecule has 0 saturated carbocycles. The van der Waals surface area contributed by atoms with Crippen molar-refractivity contribution < 1.29 is 9.53 Å². The lowest BCUT2D eigenvalue weighted by Crippen LogP contribution is -2.20. The fourth-order valence-electron chi connectivity index (χ4n) is 3.35. The van der Waals surface area contributed by atoms with Crippen molar-refractivity contribution in [3.05, 3.63) is 69.9 Å². The van der Waals surface area contributed by atoms with Gasteiger partial charge < -0.3 is 4.74 Å². The van der Waals surface area contributed by atoms with Gasteiger partial charge in [0.1, 0.15) is 5.56 Å². The van der Waals surface area contributed by atoms with E-state index < -0.39 is 5.97 Å². The number of fused-ring (bicyclic) bond motifs is 3. The Balaban J connectivity index is 2.02.